The highest BCUT2D eigenvalue weighted by Gasteiger charge is 2.35. The van der Waals surface area contributed by atoms with E-state index in [-0.39, 0.29) is 11.4 Å². The van der Waals surface area contributed by atoms with Crippen molar-refractivity contribution in [2.24, 2.45) is 11.7 Å². The third kappa shape index (κ3) is 2.51. The molecule has 6 nitrogen and oxygen atoms in total. The Bertz CT molecular complexity index is 655. The number of nitrogen functional groups attached to an aromatic ring is 1. The first kappa shape index (κ1) is 14.8. The number of hydrogen-bond acceptors (Lipinski definition) is 4. The van der Waals surface area contributed by atoms with Crippen molar-refractivity contribution in [2.75, 3.05) is 18.8 Å². The number of anilines is 1. The number of aryl methyl sites for hydroxylation is 1. The summed E-state index contributed by atoms with van der Waals surface area (Å²) < 4.78 is 26.6. The summed E-state index contributed by atoms with van der Waals surface area (Å²) in [4.78, 5) is 11.4. The van der Waals surface area contributed by atoms with Crippen molar-refractivity contribution in [1.29, 1.82) is 0 Å². The van der Waals surface area contributed by atoms with Gasteiger partial charge < -0.3 is 11.5 Å². The molecular formula is C13H19N3O3S. The van der Waals surface area contributed by atoms with E-state index >= 15 is 0 Å². The monoisotopic (exact) mass is 297 g/mol. The summed E-state index contributed by atoms with van der Waals surface area (Å²) in [6.07, 6.45) is 0.467. The maximum absolute atomic E-state index is 12.6. The number of amides is 1. The summed E-state index contributed by atoms with van der Waals surface area (Å²) in [5, 5.41) is 0. The van der Waals surface area contributed by atoms with Crippen molar-refractivity contribution in [3.8, 4) is 0 Å². The highest BCUT2D eigenvalue weighted by molar-refractivity contribution is 7.89. The minimum Gasteiger partial charge on any atom is -0.398 e. The van der Waals surface area contributed by atoms with Crippen molar-refractivity contribution >= 4 is 21.6 Å². The molecule has 0 radical (unpaired) electrons. The molecule has 0 aliphatic carbocycles. The molecule has 0 aromatic heterocycles. The zero-order valence-electron chi connectivity index (χ0n) is 11.6. The number of nitrogens with zero attached hydrogens (tertiary/aromatic N) is 1. The molecule has 110 valence electrons. The largest absolute Gasteiger partial charge is 0.398 e. The Labute approximate surface area is 118 Å². The van der Waals surface area contributed by atoms with Crippen LogP contribution in [-0.2, 0) is 14.8 Å². The second-order valence-corrected chi connectivity index (χ2v) is 7.13. The minimum atomic E-state index is -3.64. The molecule has 4 N–H and O–H groups in total. The van der Waals surface area contributed by atoms with Crippen molar-refractivity contribution in [3.05, 3.63) is 23.3 Å². The van der Waals surface area contributed by atoms with Crippen LogP contribution < -0.4 is 11.5 Å². The summed E-state index contributed by atoms with van der Waals surface area (Å²) in [6.45, 7) is 3.93. The Morgan fingerprint density at radius 1 is 1.35 bits per heavy atom. The fourth-order valence-electron chi connectivity index (χ4n) is 2.44. The van der Waals surface area contributed by atoms with E-state index in [4.69, 9.17) is 11.5 Å². The van der Waals surface area contributed by atoms with Gasteiger partial charge in [-0.15, -0.1) is 0 Å². The molecule has 2 rings (SSSR count). The van der Waals surface area contributed by atoms with Crippen molar-refractivity contribution < 1.29 is 13.2 Å². The zero-order valence-corrected chi connectivity index (χ0v) is 12.4. The predicted octanol–water partition coefficient (Wildman–Crippen LogP) is 0.382. The molecule has 1 unspecified atom stereocenters. The van der Waals surface area contributed by atoms with Crippen LogP contribution in [0, 0.1) is 19.8 Å². The highest BCUT2D eigenvalue weighted by Crippen LogP contribution is 2.29. The van der Waals surface area contributed by atoms with Crippen molar-refractivity contribution in [2.45, 2.75) is 25.2 Å². The smallest absolute Gasteiger partial charge is 0.243 e. The van der Waals surface area contributed by atoms with Gasteiger partial charge in [0.2, 0.25) is 15.9 Å². The Morgan fingerprint density at radius 3 is 2.55 bits per heavy atom. The fraction of sp³-hybridized carbons (Fsp3) is 0.462. The lowest BCUT2D eigenvalue weighted by molar-refractivity contribution is -0.121. The van der Waals surface area contributed by atoms with Gasteiger partial charge in [0.25, 0.3) is 0 Å². The van der Waals surface area contributed by atoms with Gasteiger partial charge in [-0.3, -0.25) is 4.79 Å². The second kappa shape index (κ2) is 5.06. The fourth-order valence-corrected chi connectivity index (χ4v) is 4.28. The summed E-state index contributed by atoms with van der Waals surface area (Å²) in [7, 11) is -3.64. The van der Waals surface area contributed by atoms with Crippen LogP contribution >= 0.6 is 0 Å². The van der Waals surface area contributed by atoms with Gasteiger partial charge in [-0.1, -0.05) is 0 Å². The van der Waals surface area contributed by atoms with E-state index in [1.54, 1.807) is 26.0 Å². The lowest BCUT2D eigenvalue weighted by atomic mass is 10.1. The maximum atomic E-state index is 12.6. The molecule has 1 heterocycles. The summed E-state index contributed by atoms with van der Waals surface area (Å²) in [6, 6.07) is 3.35. The topological polar surface area (TPSA) is 106 Å². The number of hydrogen-bond donors (Lipinski definition) is 2. The summed E-state index contributed by atoms with van der Waals surface area (Å²) in [5.74, 6) is -0.865. The highest BCUT2D eigenvalue weighted by atomic mass is 32.2. The number of nitrogens with two attached hydrogens (primary N) is 2. The molecule has 1 saturated heterocycles. The van der Waals surface area contributed by atoms with Gasteiger partial charge in [-0.05, 0) is 43.5 Å². The predicted molar refractivity (Wildman–Crippen MR) is 76.4 cm³/mol. The standard InChI is InChI=1S/C13H19N3O3S/c1-8-5-11(14)9(2)12(6-8)20(18,19)16-4-3-10(7-16)13(15)17/h5-6,10H,3-4,7,14H2,1-2H3,(H2,15,17). The average Bonchev–Trinajstić information content (AvgIpc) is 2.83. The second-order valence-electron chi connectivity index (χ2n) is 5.23. The van der Waals surface area contributed by atoms with Crippen molar-refractivity contribution in [1.82, 2.24) is 4.31 Å². The third-order valence-corrected chi connectivity index (χ3v) is 5.71. The molecule has 1 aliphatic rings. The van der Waals surface area contributed by atoms with Gasteiger partial charge >= 0.3 is 0 Å². The Kier molecular flexibility index (Phi) is 3.75. The molecule has 1 aromatic carbocycles. The summed E-state index contributed by atoms with van der Waals surface area (Å²) in [5.41, 5.74) is 12.9. The average molecular weight is 297 g/mol. The quantitative estimate of drug-likeness (QED) is 0.786. The molecule has 7 heteroatoms. The first-order valence-corrected chi connectivity index (χ1v) is 7.83. The van der Waals surface area contributed by atoms with E-state index in [2.05, 4.69) is 0 Å². The molecule has 0 spiro atoms. The van der Waals surface area contributed by atoms with Gasteiger partial charge in [-0.25, -0.2) is 8.42 Å². The van der Waals surface area contributed by atoms with Crippen LogP contribution in [0.5, 0.6) is 0 Å². The zero-order chi connectivity index (χ0) is 15.1. The van der Waals surface area contributed by atoms with E-state index in [0.29, 0.717) is 24.2 Å². The number of sulfonamides is 1. The number of benzene rings is 1. The van der Waals surface area contributed by atoms with Crippen LogP contribution in [0.25, 0.3) is 0 Å². The lowest BCUT2D eigenvalue weighted by Gasteiger charge is -2.19. The normalized spacial score (nSPS) is 20.2. The van der Waals surface area contributed by atoms with E-state index in [1.165, 1.54) is 4.31 Å². The number of carbonyl (C=O) groups is 1. The molecule has 1 aromatic rings. The van der Waals surface area contributed by atoms with Crippen LogP contribution in [0.15, 0.2) is 17.0 Å². The first-order valence-electron chi connectivity index (χ1n) is 6.39. The van der Waals surface area contributed by atoms with Gasteiger partial charge in [0.1, 0.15) is 0 Å². The summed E-state index contributed by atoms with van der Waals surface area (Å²) >= 11 is 0. The van der Waals surface area contributed by atoms with E-state index in [1.807, 2.05) is 0 Å². The maximum Gasteiger partial charge on any atom is 0.243 e. The molecular weight excluding hydrogens is 278 g/mol. The van der Waals surface area contributed by atoms with Crippen LogP contribution in [0.4, 0.5) is 5.69 Å². The molecule has 0 saturated carbocycles. The lowest BCUT2D eigenvalue weighted by Crippen LogP contribution is -2.32. The third-order valence-electron chi connectivity index (χ3n) is 3.72. The molecule has 1 amide bonds. The first-order chi connectivity index (χ1) is 9.23. The van der Waals surface area contributed by atoms with Crippen LogP contribution in [-0.4, -0.2) is 31.7 Å². The van der Waals surface area contributed by atoms with E-state index < -0.39 is 21.8 Å². The van der Waals surface area contributed by atoms with Gasteiger partial charge in [0.05, 0.1) is 10.8 Å². The van der Waals surface area contributed by atoms with Crippen LogP contribution in [0.1, 0.15) is 17.5 Å². The molecule has 1 atom stereocenters. The van der Waals surface area contributed by atoms with E-state index in [0.717, 1.165) is 5.56 Å². The Morgan fingerprint density at radius 2 is 2.00 bits per heavy atom. The molecule has 1 aliphatic heterocycles. The minimum absolute atomic E-state index is 0.144. The Balaban J connectivity index is 2.40. The van der Waals surface area contributed by atoms with Gasteiger partial charge in [0, 0.05) is 18.8 Å². The van der Waals surface area contributed by atoms with Crippen molar-refractivity contribution in [3.63, 3.8) is 0 Å². The van der Waals surface area contributed by atoms with Gasteiger partial charge in [0.15, 0.2) is 0 Å². The molecule has 0 bridgehead atoms. The molecule has 20 heavy (non-hydrogen) atoms. The Hall–Kier alpha value is -1.60. The van der Waals surface area contributed by atoms with Gasteiger partial charge in [-0.2, -0.15) is 4.31 Å². The van der Waals surface area contributed by atoms with Crippen LogP contribution in [0.3, 0.4) is 0 Å². The van der Waals surface area contributed by atoms with E-state index in [9.17, 15) is 13.2 Å². The molecule has 1 fully saturated rings. The SMILES string of the molecule is Cc1cc(N)c(C)c(S(=O)(=O)N2CCC(C(N)=O)C2)c1. The van der Waals surface area contributed by atoms with Crippen LogP contribution in [0.2, 0.25) is 0 Å². The number of carbonyl (C=O) groups excluding carboxylic acids is 1. The number of primary amides is 1. The number of rotatable bonds is 3.